The first kappa shape index (κ1) is 12.4. The van der Waals surface area contributed by atoms with Gasteiger partial charge in [0.15, 0.2) is 6.61 Å². The molecule has 3 N–H and O–H groups in total. The Hall–Kier alpha value is -2.62. The van der Waals surface area contributed by atoms with Gasteiger partial charge in [0.05, 0.1) is 18.0 Å². The highest BCUT2D eigenvalue weighted by Crippen LogP contribution is 2.02. The summed E-state index contributed by atoms with van der Waals surface area (Å²) in [4.78, 5) is 26.1. The lowest BCUT2D eigenvalue weighted by atomic mass is 10.3. The van der Waals surface area contributed by atoms with Gasteiger partial charge < -0.3 is 15.8 Å². The average molecular weight is 234 g/mol. The van der Waals surface area contributed by atoms with E-state index in [0.29, 0.717) is 5.69 Å². The molecule has 0 fully saturated rings. The number of carbonyl (C=O) groups excluding carboxylic acids is 2. The molecule has 0 unspecified atom stereocenters. The molecule has 0 aromatic carbocycles. The van der Waals surface area contributed by atoms with E-state index in [2.05, 4.69) is 15.0 Å². The molecule has 7 nitrogen and oxygen atoms in total. The number of esters is 1. The number of anilines is 1. The second-order valence-corrected chi connectivity index (χ2v) is 2.99. The van der Waals surface area contributed by atoms with Crippen molar-refractivity contribution in [3.8, 4) is 6.07 Å². The monoisotopic (exact) mass is 234 g/mol. The van der Waals surface area contributed by atoms with Crippen LogP contribution in [-0.4, -0.2) is 30.0 Å². The Bertz CT molecular complexity index is 450. The Labute approximate surface area is 97.2 Å². The van der Waals surface area contributed by atoms with E-state index >= 15 is 0 Å². The Morgan fingerprint density at radius 1 is 1.53 bits per heavy atom. The van der Waals surface area contributed by atoms with Crippen LogP contribution >= 0.6 is 0 Å². The van der Waals surface area contributed by atoms with Gasteiger partial charge in [-0.25, -0.2) is 9.78 Å². The third-order valence-corrected chi connectivity index (χ3v) is 1.69. The zero-order chi connectivity index (χ0) is 12.7. The van der Waals surface area contributed by atoms with Crippen LogP contribution in [0.25, 0.3) is 0 Å². The molecule has 0 aliphatic carbocycles. The molecule has 17 heavy (non-hydrogen) atoms. The first-order chi connectivity index (χ1) is 8.13. The summed E-state index contributed by atoms with van der Waals surface area (Å²) in [6.45, 7) is -0.580. The lowest BCUT2D eigenvalue weighted by Crippen LogP contribution is -2.29. The summed E-state index contributed by atoms with van der Waals surface area (Å²) in [6, 6.07) is 4.62. The number of nitrogens with one attached hydrogen (secondary N) is 1. The highest BCUT2D eigenvalue weighted by atomic mass is 16.5. The number of rotatable bonds is 4. The summed E-state index contributed by atoms with van der Waals surface area (Å²) in [5.74, 6) is -1.27. The number of nitrogens with two attached hydrogens (primary N) is 1. The van der Waals surface area contributed by atoms with E-state index < -0.39 is 18.5 Å². The van der Waals surface area contributed by atoms with E-state index in [1.165, 1.54) is 18.3 Å². The largest absolute Gasteiger partial charge is 0.451 e. The molecule has 0 saturated carbocycles. The molecule has 1 rings (SSSR count). The van der Waals surface area contributed by atoms with Crippen LogP contribution in [0.4, 0.5) is 5.69 Å². The fourth-order valence-electron chi connectivity index (χ4n) is 0.920. The number of aromatic nitrogens is 1. The Kier molecular flexibility index (Phi) is 4.45. The molecule has 1 aromatic heterocycles. The zero-order valence-electron chi connectivity index (χ0n) is 8.84. The smallest absolute Gasteiger partial charge is 0.357 e. The van der Waals surface area contributed by atoms with Gasteiger partial charge in [-0.05, 0) is 12.1 Å². The van der Waals surface area contributed by atoms with E-state index in [9.17, 15) is 9.59 Å². The summed E-state index contributed by atoms with van der Waals surface area (Å²) in [5, 5.41) is 10.4. The minimum Gasteiger partial charge on any atom is -0.451 e. The molecular weight excluding hydrogens is 224 g/mol. The molecule has 1 heterocycles. The SMILES string of the molecule is N#CCNC(=O)COC(=O)c1ccc(N)cn1. The normalized spacial score (nSPS) is 9.12. The summed E-state index contributed by atoms with van der Waals surface area (Å²) >= 11 is 0. The van der Waals surface area contributed by atoms with Crippen molar-refractivity contribution in [3.05, 3.63) is 24.0 Å². The first-order valence-electron chi connectivity index (χ1n) is 4.66. The minimum atomic E-state index is -0.725. The molecule has 0 aliphatic rings. The predicted octanol–water partition coefficient (Wildman–Crippen LogP) is -0.540. The summed E-state index contributed by atoms with van der Waals surface area (Å²) in [7, 11) is 0. The van der Waals surface area contributed by atoms with Crippen molar-refractivity contribution in [3.63, 3.8) is 0 Å². The topological polar surface area (TPSA) is 118 Å². The molecule has 0 radical (unpaired) electrons. The van der Waals surface area contributed by atoms with Crippen molar-refractivity contribution < 1.29 is 14.3 Å². The minimum absolute atomic E-state index is 0.0623. The van der Waals surface area contributed by atoms with Crippen molar-refractivity contribution in [2.24, 2.45) is 0 Å². The fraction of sp³-hybridized carbons (Fsp3) is 0.200. The standard InChI is InChI=1S/C10H10N4O3/c11-3-4-13-9(15)6-17-10(16)8-2-1-7(12)5-14-8/h1-2,5H,4,6,12H2,(H,13,15). The summed E-state index contributed by atoms with van der Waals surface area (Å²) in [5.41, 5.74) is 5.88. The van der Waals surface area contributed by atoms with Gasteiger partial charge in [0.1, 0.15) is 12.2 Å². The fourth-order valence-corrected chi connectivity index (χ4v) is 0.920. The molecular formula is C10H10N4O3. The van der Waals surface area contributed by atoms with Crippen LogP contribution in [0.2, 0.25) is 0 Å². The number of pyridine rings is 1. The maximum atomic E-state index is 11.4. The highest BCUT2D eigenvalue weighted by Gasteiger charge is 2.10. The molecule has 7 heteroatoms. The quantitative estimate of drug-likeness (QED) is 0.533. The third kappa shape index (κ3) is 4.17. The zero-order valence-corrected chi connectivity index (χ0v) is 8.84. The van der Waals surface area contributed by atoms with Crippen LogP contribution in [0.5, 0.6) is 0 Å². The number of nitrogens with zero attached hydrogens (tertiary/aromatic N) is 2. The van der Waals surface area contributed by atoms with Gasteiger partial charge in [0.25, 0.3) is 5.91 Å². The van der Waals surface area contributed by atoms with E-state index in [4.69, 9.17) is 11.0 Å². The van der Waals surface area contributed by atoms with Crippen LogP contribution in [0.15, 0.2) is 18.3 Å². The molecule has 0 atom stereocenters. The molecule has 0 saturated heterocycles. The van der Waals surface area contributed by atoms with Crippen molar-refractivity contribution in [2.45, 2.75) is 0 Å². The van der Waals surface area contributed by atoms with Gasteiger partial charge >= 0.3 is 5.97 Å². The number of nitrogen functional groups attached to an aromatic ring is 1. The maximum absolute atomic E-state index is 11.4. The number of hydrogen-bond acceptors (Lipinski definition) is 6. The van der Waals surface area contributed by atoms with E-state index in [-0.39, 0.29) is 12.2 Å². The average Bonchev–Trinajstić information content (AvgIpc) is 2.34. The Balaban J connectivity index is 2.42. The predicted molar refractivity (Wildman–Crippen MR) is 57.6 cm³/mol. The summed E-state index contributed by atoms with van der Waals surface area (Å²) < 4.78 is 4.66. The van der Waals surface area contributed by atoms with Crippen LogP contribution in [-0.2, 0) is 9.53 Å². The van der Waals surface area contributed by atoms with Crippen LogP contribution in [0, 0.1) is 11.3 Å². The number of hydrogen-bond donors (Lipinski definition) is 2. The van der Waals surface area contributed by atoms with Gasteiger partial charge in [-0.3, -0.25) is 4.79 Å². The van der Waals surface area contributed by atoms with E-state index in [1.54, 1.807) is 6.07 Å². The van der Waals surface area contributed by atoms with Gasteiger partial charge in [-0.15, -0.1) is 0 Å². The van der Waals surface area contributed by atoms with Crippen molar-refractivity contribution in [2.75, 3.05) is 18.9 Å². The second kappa shape index (κ2) is 6.07. The maximum Gasteiger partial charge on any atom is 0.357 e. The van der Waals surface area contributed by atoms with Crippen molar-refractivity contribution >= 4 is 17.6 Å². The van der Waals surface area contributed by atoms with E-state index in [1.807, 2.05) is 0 Å². The lowest BCUT2D eigenvalue weighted by molar-refractivity contribution is -0.123. The number of ether oxygens (including phenoxy) is 1. The number of carbonyl (C=O) groups is 2. The third-order valence-electron chi connectivity index (χ3n) is 1.69. The molecule has 1 amide bonds. The van der Waals surface area contributed by atoms with Crippen LogP contribution in [0.1, 0.15) is 10.5 Å². The first-order valence-corrected chi connectivity index (χ1v) is 4.66. The molecule has 0 bridgehead atoms. The summed E-state index contributed by atoms with van der Waals surface area (Å²) in [6.07, 6.45) is 1.31. The molecule has 1 aromatic rings. The Morgan fingerprint density at radius 2 is 2.29 bits per heavy atom. The van der Waals surface area contributed by atoms with Gasteiger partial charge in [-0.1, -0.05) is 0 Å². The molecule has 88 valence electrons. The van der Waals surface area contributed by atoms with Gasteiger partial charge in [0, 0.05) is 0 Å². The van der Waals surface area contributed by atoms with Crippen molar-refractivity contribution in [1.82, 2.24) is 10.3 Å². The number of amides is 1. The van der Waals surface area contributed by atoms with Crippen LogP contribution in [0.3, 0.4) is 0 Å². The van der Waals surface area contributed by atoms with Crippen molar-refractivity contribution in [1.29, 1.82) is 5.26 Å². The van der Waals surface area contributed by atoms with Gasteiger partial charge in [0.2, 0.25) is 0 Å². The molecule has 0 aliphatic heterocycles. The highest BCUT2D eigenvalue weighted by molar-refractivity contribution is 5.89. The lowest BCUT2D eigenvalue weighted by Gasteiger charge is -2.03. The van der Waals surface area contributed by atoms with Gasteiger partial charge in [-0.2, -0.15) is 5.26 Å². The Morgan fingerprint density at radius 3 is 2.88 bits per heavy atom. The second-order valence-electron chi connectivity index (χ2n) is 2.99. The molecule has 0 spiro atoms. The van der Waals surface area contributed by atoms with E-state index in [0.717, 1.165) is 0 Å². The number of nitriles is 1. The van der Waals surface area contributed by atoms with Crippen LogP contribution < -0.4 is 11.1 Å².